The molecule has 1 unspecified atom stereocenters. The molecule has 1 heterocycles. The molecule has 5 nitrogen and oxygen atoms in total. The molecular formula is C11H19N3O2. The second-order valence-electron chi connectivity index (χ2n) is 3.30. The van der Waals surface area contributed by atoms with Gasteiger partial charge in [-0.05, 0) is 20.8 Å². The van der Waals surface area contributed by atoms with E-state index in [1.807, 2.05) is 20.8 Å². The molecule has 0 aliphatic carbocycles. The van der Waals surface area contributed by atoms with Crippen LogP contribution < -0.4 is 10.1 Å². The molecule has 0 spiro atoms. The van der Waals surface area contributed by atoms with Crippen LogP contribution >= 0.6 is 0 Å². The number of anilines is 1. The highest BCUT2D eigenvalue weighted by Crippen LogP contribution is 2.08. The Kier molecular flexibility index (Phi) is 5.56. The highest BCUT2D eigenvalue weighted by Gasteiger charge is 2.03. The van der Waals surface area contributed by atoms with E-state index < -0.39 is 0 Å². The molecule has 0 fully saturated rings. The van der Waals surface area contributed by atoms with Crippen molar-refractivity contribution in [1.29, 1.82) is 0 Å². The highest BCUT2D eigenvalue weighted by molar-refractivity contribution is 5.27. The van der Waals surface area contributed by atoms with Crippen molar-refractivity contribution in [1.82, 2.24) is 9.97 Å². The van der Waals surface area contributed by atoms with Crippen molar-refractivity contribution in [2.75, 3.05) is 25.1 Å². The van der Waals surface area contributed by atoms with Crippen molar-refractivity contribution in [3.05, 3.63) is 12.3 Å². The molecule has 1 N–H and O–H groups in total. The summed E-state index contributed by atoms with van der Waals surface area (Å²) in [5.74, 6) is 1.15. The van der Waals surface area contributed by atoms with Crippen molar-refractivity contribution in [2.24, 2.45) is 0 Å². The molecule has 1 atom stereocenters. The first kappa shape index (κ1) is 12.7. The van der Waals surface area contributed by atoms with Gasteiger partial charge >= 0.3 is 0 Å². The Morgan fingerprint density at radius 1 is 1.38 bits per heavy atom. The fourth-order valence-corrected chi connectivity index (χ4v) is 1.23. The molecule has 1 aromatic rings. The zero-order valence-electron chi connectivity index (χ0n) is 10.1. The standard InChI is InChI=1S/C11H19N3O2/c1-4-15-9(3)8-13-11-12-7-6-10(14-11)16-5-2/h6-7,9H,4-5,8H2,1-3H3,(H,12,13,14). The fraction of sp³-hybridized carbons (Fsp3) is 0.636. The van der Waals surface area contributed by atoms with Crippen LogP contribution in [0.15, 0.2) is 12.3 Å². The number of aromatic nitrogens is 2. The molecule has 90 valence electrons. The van der Waals surface area contributed by atoms with E-state index in [0.29, 0.717) is 31.6 Å². The second-order valence-corrected chi connectivity index (χ2v) is 3.30. The van der Waals surface area contributed by atoms with Crippen LogP contribution in [-0.2, 0) is 4.74 Å². The summed E-state index contributed by atoms with van der Waals surface area (Å²) in [7, 11) is 0. The first-order valence-electron chi connectivity index (χ1n) is 5.57. The molecule has 1 rings (SSSR count). The van der Waals surface area contributed by atoms with Crippen LogP contribution in [0.2, 0.25) is 0 Å². The first-order chi connectivity index (χ1) is 7.76. The third-order valence-corrected chi connectivity index (χ3v) is 1.92. The highest BCUT2D eigenvalue weighted by atomic mass is 16.5. The van der Waals surface area contributed by atoms with Crippen LogP contribution in [0.3, 0.4) is 0 Å². The Morgan fingerprint density at radius 2 is 2.19 bits per heavy atom. The van der Waals surface area contributed by atoms with Crippen molar-refractivity contribution in [3.63, 3.8) is 0 Å². The molecule has 0 radical (unpaired) electrons. The Morgan fingerprint density at radius 3 is 2.88 bits per heavy atom. The van der Waals surface area contributed by atoms with Crippen LogP contribution in [0.5, 0.6) is 5.88 Å². The lowest BCUT2D eigenvalue weighted by Crippen LogP contribution is -2.20. The van der Waals surface area contributed by atoms with Gasteiger partial charge in [-0.3, -0.25) is 0 Å². The normalized spacial score (nSPS) is 12.2. The van der Waals surface area contributed by atoms with E-state index in [4.69, 9.17) is 9.47 Å². The maximum absolute atomic E-state index is 5.39. The molecule has 16 heavy (non-hydrogen) atoms. The zero-order chi connectivity index (χ0) is 11.8. The average Bonchev–Trinajstić information content (AvgIpc) is 2.28. The van der Waals surface area contributed by atoms with E-state index in [0.717, 1.165) is 0 Å². The summed E-state index contributed by atoms with van der Waals surface area (Å²) in [5.41, 5.74) is 0. The Hall–Kier alpha value is -1.36. The minimum Gasteiger partial charge on any atom is -0.478 e. The first-order valence-corrected chi connectivity index (χ1v) is 5.57. The minimum atomic E-state index is 0.143. The molecule has 0 aliphatic heterocycles. The lowest BCUT2D eigenvalue weighted by molar-refractivity contribution is 0.0854. The van der Waals surface area contributed by atoms with Gasteiger partial charge in [-0.2, -0.15) is 4.98 Å². The fourth-order valence-electron chi connectivity index (χ4n) is 1.23. The predicted molar refractivity (Wildman–Crippen MR) is 62.8 cm³/mol. The van der Waals surface area contributed by atoms with Crippen LogP contribution in [0.25, 0.3) is 0 Å². The third kappa shape index (κ3) is 4.44. The van der Waals surface area contributed by atoms with Crippen molar-refractivity contribution >= 4 is 5.95 Å². The number of nitrogens with zero attached hydrogens (tertiary/aromatic N) is 2. The molecule has 0 amide bonds. The van der Waals surface area contributed by atoms with Gasteiger partial charge in [-0.25, -0.2) is 4.98 Å². The van der Waals surface area contributed by atoms with Crippen molar-refractivity contribution in [2.45, 2.75) is 26.9 Å². The molecule has 1 aromatic heterocycles. The summed E-state index contributed by atoms with van der Waals surface area (Å²) >= 11 is 0. The smallest absolute Gasteiger partial charge is 0.226 e. The van der Waals surface area contributed by atoms with Crippen molar-refractivity contribution in [3.8, 4) is 5.88 Å². The maximum Gasteiger partial charge on any atom is 0.226 e. The predicted octanol–water partition coefficient (Wildman–Crippen LogP) is 1.71. The molecule has 0 saturated heterocycles. The molecule has 5 heteroatoms. The summed E-state index contributed by atoms with van der Waals surface area (Å²) in [4.78, 5) is 8.29. The van der Waals surface area contributed by atoms with Gasteiger partial charge in [0.25, 0.3) is 0 Å². The quantitative estimate of drug-likeness (QED) is 0.765. The third-order valence-electron chi connectivity index (χ3n) is 1.92. The number of nitrogens with one attached hydrogen (secondary N) is 1. The van der Waals surface area contributed by atoms with Gasteiger partial charge in [-0.15, -0.1) is 0 Å². The average molecular weight is 225 g/mol. The molecular weight excluding hydrogens is 206 g/mol. The largest absolute Gasteiger partial charge is 0.478 e. The van der Waals surface area contributed by atoms with E-state index in [-0.39, 0.29) is 6.10 Å². The summed E-state index contributed by atoms with van der Waals surface area (Å²) in [5, 5.41) is 3.10. The molecule has 0 aromatic carbocycles. The maximum atomic E-state index is 5.39. The van der Waals surface area contributed by atoms with E-state index >= 15 is 0 Å². The van der Waals surface area contributed by atoms with Gasteiger partial charge < -0.3 is 14.8 Å². The van der Waals surface area contributed by atoms with Crippen LogP contribution in [0, 0.1) is 0 Å². The van der Waals surface area contributed by atoms with E-state index in [1.54, 1.807) is 12.3 Å². The van der Waals surface area contributed by atoms with Gasteiger partial charge in [0.1, 0.15) is 0 Å². The van der Waals surface area contributed by atoms with E-state index in [9.17, 15) is 0 Å². The lowest BCUT2D eigenvalue weighted by atomic mass is 10.4. The summed E-state index contributed by atoms with van der Waals surface area (Å²) in [6.45, 7) is 7.90. The molecule has 0 aliphatic rings. The summed E-state index contributed by atoms with van der Waals surface area (Å²) < 4.78 is 10.7. The number of hydrogen-bond acceptors (Lipinski definition) is 5. The monoisotopic (exact) mass is 225 g/mol. The second kappa shape index (κ2) is 7.00. The molecule has 0 bridgehead atoms. The summed E-state index contributed by atoms with van der Waals surface area (Å²) in [6, 6.07) is 1.74. The summed E-state index contributed by atoms with van der Waals surface area (Å²) in [6.07, 6.45) is 1.82. The molecule has 0 saturated carbocycles. The van der Waals surface area contributed by atoms with Crippen LogP contribution in [0.4, 0.5) is 5.95 Å². The van der Waals surface area contributed by atoms with Gasteiger partial charge in [0.2, 0.25) is 11.8 Å². The number of rotatable bonds is 7. The van der Waals surface area contributed by atoms with Gasteiger partial charge in [-0.1, -0.05) is 0 Å². The van der Waals surface area contributed by atoms with E-state index in [1.165, 1.54) is 0 Å². The number of ether oxygens (including phenoxy) is 2. The van der Waals surface area contributed by atoms with E-state index in [2.05, 4.69) is 15.3 Å². The SMILES string of the molecule is CCOc1ccnc(NCC(C)OCC)n1. The Balaban J connectivity index is 2.44. The van der Waals surface area contributed by atoms with Gasteiger partial charge in [0, 0.05) is 25.4 Å². The zero-order valence-corrected chi connectivity index (χ0v) is 10.1. The lowest BCUT2D eigenvalue weighted by Gasteiger charge is -2.12. The number of hydrogen-bond donors (Lipinski definition) is 1. The van der Waals surface area contributed by atoms with Gasteiger partial charge in [0.15, 0.2) is 0 Å². The van der Waals surface area contributed by atoms with Gasteiger partial charge in [0.05, 0.1) is 12.7 Å². The Bertz CT molecular complexity index is 307. The van der Waals surface area contributed by atoms with Crippen LogP contribution in [0.1, 0.15) is 20.8 Å². The van der Waals surface area contributed by atoms with Crippen LogP contribution in [-0.4, -0.2) is 35.8 Å². The van der Waals surface area contributed by atoms with Crippen molar-refractivity contribution < 1.29 is 9.47 Å². The minimum absolute atomic E-state index is 0.143. The Labute approximate surface area is 96.2 Å². The topological polar surface area (TPSA) is 56.3 Å².